The number of methoxy groups -OCH3 is 2. The van der Waals surface area contributed by atoms with Crippen molar-refractivity contribution in [1.82, 2.24) is 0 Å². The highest BCUT2D eigenvalue weighted by molar-refractivity contribution is 6.36. The van der Waals surface area contributed by atoms with Crippen LogP contribution < -0.4 is 5.32 Å². The molecule has 20 heavy (non-hydrogen) atoms. The van der Waals surface area contributed by atoms with Gasteiger partial charge in [-0.1, -0.05) is 23.2 Å². The van der Waals surface area contributed by atoms with Crippen molar-refractivity contribution in [3.05, 3.63) is 27.7 Å². The number of benzene rings is 1. The van der Waals surface area contributed by atoms with E-state index in [1.807, 2.05) is 0 Å². The van der Waals surface area contributed by atoms with E-state index in [0.29, 0.717) is 21.3 Å². The highest BCUT2D eigenvalue weighted by Crippen LogP contribution is 2.41. The summed E-state index contributed by atoms with van der Waals surface area (Å²) in [4.78, 5) is 23.6. The molecule has 0 saturated carbocycles. The Hall–Kier alpha value is -1.46. The summed E-state index contributed by atoms with van der Waals surface area (Å²) in [6.07, 6.45) is 0.216. The van der Waals surface area contributed by atoms with E-state index in [-0.39, 0.29) is 6.42 Å². The normalized spacial score (nSPS) is 20.6. The van der Waals surface area contributed by atoms with E-state index in [4.69, 9.17) is 32.7 Å². The summed E-state index contributed by atoms with van der Waals surface area (Å²) < 4.78 is 9.49. The third-order valence-corrected chi connectivity index (χ3v) is 3.75. The van der Waals surface area contributed by atoms with Gasteiger partial charge in [-0.25, -0.2) is 4.79 Å². The van der Waals surface area contributed by atoms with Crippen molar-refractivity contribution in [2.75, 3.05) is 19.5 Å². The van der Waals surface area contributed by atoms with Gasteiger partial charge in [-0.15, -0.1) is 0 Å². The molecule has 0 aliphatic carbocycles. The number of esters is 2. The van der Waals surface area contributed by atoms with Crippen LogP contribution in [0.3, 0.4) is 0 Å². The zero-order valence-corrected chi connectivity index (χ0v) is 12.4. The Kier molecular flexibility index (Phi) is 4.40. The van der Waals surface area contributed by atoms with Gasteiger partial charge in [-0.05, 0) is 18.6 Å². The SMILES string of the molecule is COC(=O)[C@H]1C[C@H](C(=O)OC)Nc2cc(Cl)cc(Cl)c21. The smallest absolute Gasteiger partial charge is 0.328 e. The summed E-state index contributed by atoms with van der Waals surface area (Å²) in [7, 11) is 2.58. The summed E-state index contributed by atoms with van der Waals surface area (Å²) in [5.74, 6) is -1.54. The summed E-state index contributed by atoms with van der Waals surface area (Å²) >= 11 is 12.1. The van der Waals surface area contributed by atoms with Crippen molar-refractivity contribution in [2.24, 2.45) is 0 Å². The second-order valence-corrected chi connectivity index (χ2v) is 5.22. The van der Waals surface area contributed by atoms with E-state index in [0.717, 1.165) is 0 Å². The lowest BCUT2D eigenvalue weighted by Gasteiger charge is -2.31. The Balaban J connectivity index is 2.49. The zero-order chi connectivity index (χ0) is 14.9. The molecule has 0 fully saturated rings. The molecule has 0 unspecified atom stereocenters. The molecule has 1 heterocycles. The van der Waals surface area contributed by atoms with E-state index >= 15 is 0 Å². The molecule has 1 aliphatic heterocycles. The molecule has 0 radical (unpaired) electrons. The van der Waals surface area contributed by atoms with E-state index in [1.165, 1.54) is 14.2 Å². The molecule has 108 valence electrons. The van der Waals surface area contributed by atoms with Crippen molar-refractivity contribution < 1.29 is 19.1 Å². The van der Waals surface area contributed by atoms with Crippen LogP contribution in [0.2, 0.25) is 10.0 Å². The molecule has 1 aliphatic rings. The number of carbonyl (C=O) groups is 2. The van der Waals surface area contributed by atoms with Gasteiger partial charge in [0.15, 0.2) is 0 Å². The lowest BCUT2D eigenvalue weighted by Crippen LogP contribution is -2.38. The monoisotopic (exact) mass is 317 g/mol. The van der Waals surface area contributed by atoms with Crippen molar-refractivity contribution in [3.8, 4) is 0 Å². The third-order valence-electron chi connectivity index (χ3n) is 3.22. The highest BCUT2D eigenvalue weighted by atomic mass is 35.5. The maximum absolute atomic E-state index is 11.9. The predicted octanol–water partition coefficient (Wildman–Crippen LogP) is 2.61. The molecule has 0 bridgehead atoms. The van der Waals surface area contributed by atoms with Crippen molar-refractivity contribution >= 4 is 40.8 Å². The molecule has 0 saturated heterocycles. The fourth-order valence-corrected chi connectivity index (χ4v) is 2.94. The second-order valence-electron chi connectivity index (χ2n) is 4.38. The van der Waals surface area contributed by atoms with Crippen LogP contribution in [0.5, 0.6) is 0 Å². The van der Waals surface area contributed by atoms with Crippen LogP contribution in [0.15, 0.2) is 12.1 Å². The van der Waals surface area contributed by atoms with Crippen LogP contribution in [0.4, 0.5) is 5.69 Å². The Bertz CT molecular complexity index is 562. The molecule has 0 spiro atoms. The summed E-state index contributed by atoms with van der Waals surface area (Å²) in [6, 6.07) is 2.53. The minimum absolute atomic E-state index is 0.216. The number of nitrogens with one attached hydrogen (secondary N) is 1. The molecule has 2 rings (SSSR count). The van der Waals surface area contributed by atoms with E-state index < -0.39 is 23.9 Å². The molecule has 0 aromatic heterocycles. The lowest BCUT2D eigenvalue weighted by atomic mass is 9.87. The largest absolute Gasteiger partial charge is 0.469 e. The minimum atomic E-state index is -0.647. The molecule has 5 nitrogen and oxygen atoms in total. The molecule has 7 heteroatoms. The number of rotatable bonds is 2. The van der Waals surface area contributed by atoms with Gasteiger partial charge in [-0.3, -0.25) is 4.79 Å². The number of fused-ring (bicyclic) bond motifs is 1. The van der Waals surface area contributed by atoms with Gasteiger partial charge in [0.1, 0.15) is 6.04 Å². The first kappa shape index (κ1) is 14.9. The van der Waals surface area contributed by atoms with Gasteiger partial charge < -0.3 is 14.8 Å². The first-order chi connectivity index (χ1) is 9.47. The predicted molar refractivity (Wildman–Crippen MR) is 75.3 cm³/mol. The van der Waals surface area contributed by atoms with Crippen LogP contribution in [0.1, 0.15) is 17.9 Å². The molecule has 2 atom stereocenters. The lowest BCUT2D eigenvalue weighted by molar-refractivity contribution is -0.144. The van der Waals surface area contributed by atoms with Crippen molar-refractivity contribution in [2.45, 2.75) is 18.4 Å². The van der Waals surface area contributed by atoms with Crippen LogP contribution in [-0.4, -0.2) is 32.2 Å². The quantitative estimate of drug-likeness (QED) is 0.849. The molecule has 1 aromatic carbocycles. The third kappa shape index (κ3) is 2.69. The Morgan fingerprint density at radius 3 is 2.45 bits per heavy atom. The standard InChI is InChI=1S/C13H13Cl2NO4/c1-19-12(17)7-5-10(13(18)20-2)16-9-4-6(14)3-8(15)11(7)9/h3-4,7,10,16H,5H2,1-2H3/t7-,10+/m0/s1. The average molecular weight is 318 g/mol. The van der Waals surface area contributed by atoms with Gasteiger partial charge >= 0.3 is 11.9 Å². The Morgan fingerprint density at radius 1 is 1.20 bits per heavy atom. The van der Waals surface area contributed by atoms with E-state index in [9.17, 15) is 9.59 Å². The average Bonchev–Trinajstić information content (AvgIpc) is 2.43. The van der Waals surface area contributed by atoms with Crippen LogP contribution >= 0.6 is 23.2 Å². The highest BCUT2D eigenvalue weighted by Gasteiger charge is 2.37. The topological polar surface area (TPSA) is 64.6 Å². The van der Waals surface area contributed by atoms with Gasteiger partial charge in [0, 0.05) is 21.3 Å². The van der Waals surface area contributed by atoms with Crippen molar-refractivity contribution in [3.63, 3.8) is 0 Å². The van der Waals surface area contributed by atoms with Gasteiger partial charge in [0.05, 0.1) is 20.1 Å². The Morgan fingerprint density at radius 2 is 1.85 bits per heavy atom. The van der Waals surface area contributed by atoms with E-state index in [1.54, 1.807) is 12.1 Å². The number of carbonyl (C=O) groups excluding carboxylic acids is 2. The first-order valence-corrected chi connectivity index (χ1v) is 6.64. The van der Waals surface area contributed by atoms with Gasteiger partial charge in [0.25, 0.3) is 0 Å². The van der Waals surface area contributed by atoms with Gasteiger partial charge in [0.2, 0.25) is 0 Å². The van der Waals surface area contributed by atoms with E-state index in [2.05, 4.69) is 5.32 Å². The summed E-state index contributed by atoms with van der Waals surface area (Å²) in [5.41, 5.74) is 1.13. The molecule has 1 N–H and O–H groups in total. The fraction of sp³-hybridized carbons (Fsp3) is 0.385. The summed E-state index contributed by atoms with van der Waals surface area (Å²) in [6.45, 7) is 0. The van der Waals surface area contributed by atoms with Crippen LogP contribution in [0, 0.1) is 0 Å². The molecular formula is C13H13Cl2NO4. The number of ether oxygens (including phenoxy) is 2. The van der Waals surface area contributed by atoms with Gasteiger partial charge in [-0.2, -0.15) is 0 Å². The van der Waals surface area contributed by atoms with Crippen molar-refractivity contribution in [1.29, 1.82) is 0 Å². The zero-order valence-electron chi connectivity index (χ0n) is 10.9. The number of halogens is 2. The number of hydrogen-bond acceptors (Lipinski definition) is 5. The minimum Gasteiger partial charge on any atom is -0.469 e. The summed E-state index contributed by atoms with van der Waals surface area (Å²) in [5, 5.41) is 3.76. The molecular weight excluding hydrogens is 305 g/mol. The van der Waals surface area contributed by atoms with Crippen LogP contribution in [-0.2, 0) is 19.1 Å². The maximum Gasteiger partial charge on any atom is 0.328 e. The number of anilines is 1. The molecule has 1 aromatic rings. The first-order valence-electron chi connectivity index (χ1n) is 5.89. The molecule has 0 amide bonds. The van der Waals surface area contributed by atoms with Crippen LogP contribution in [0.25, 0.3) is 0 Å². The Labute approximate surface area is 126 Å². The maximum atomic E-state index is 11.9. The second kappa shape index (κ2) is 5.89. The number of hydrogen-bond donors (Lipinski definition) is 1. The fourth-order valence-electron chi connectivity index (χ4n) is 2.31.